The van der Waals surface area contributed by atoms with E-state index in [1.165, 1.54) is 11.4 Å². The number of carbonyl (C=O) groups excluding carboxylic acids is 2. The lowest BCUT2D eigenvalue weighted by Crippen LogP contribution is -2.32. The van der Waals surface area contributed by atoms with Gasteiger partial charge in [0.1, 0.15) is 0 Å². The summed E-state index contributed by atoms with van der Waals surface area (Å²) in [7, 11) is -2.15. The van der Waals surface area contributed by atoms with Crippen LogP contribution in [-0.4, -0.2) is 45.3 Å². The quantitative estimate of drug-likeness (QED) is 0.575. The van der Waals surface area contributed by atoms with E-state index in [-0.39, 0.29) is 16.7 Å². The molecule has 0 aliphatic carbocycles. The van der Waals surface area contributed by atoms with Crippen molar-refractivity contribution in [3.63, 3.8) is 0 Å². The van der Waals surface area contributed by atoms with E-state index in [9.17, 15) is 18.0 Å². The van der Waals surface area contributed by atoms with E-state index in [0.717, 1.165) is 38.8 Å². The van der Waals surface area contributed by atoms with Crippen molar-refractivity contribution in [3.05, 3.63) is 77.9 Å². The predicted octanol–water partition coefficient (Wildman–Crippen LogP) is 4.76. The first-order valence-corrected chi connectivity index (χ1v) is 13.2. The molecule has 3 aromatic rings. The molecule has 2 aliphatic rings. The van der Waals surface area contributed by atoms with Crippen LogP contribution in [0.1, 0.15) is 46.4 Å². The van der Waals surface area contributed by atoms with Crippen LogP contribution >= 0.6 is 0 Å². The number of sulfonamides is 1. The topological polar surface area (TPSA) is 86.8 Å². The van der Waals surface area contributed by atoms with Crippen LogP contribution in [0.2, 0.25) is 0 Å². The van der Waals surface area contributed by atoms with E-state index in [0.29, 0.717) is 33.6 Å². The highest BCUT2D eigenvalue weighted by Gasteiger charge is 2.32. The lowest BCUT2D eigenvalue weighted by Gasteiger charge is -2.29. The summed E-state index contributed by atoms with van der Waals surface area (Å²) in [5, 5.41) is 2.90. The number of nitrogens with zero attached hydrogens (tertiary/aromatic N) is 2. The van der Waals surface area contributed by atoms with Gasteiger partial charge in [0.2, 0.25) is 0 Å². The van der Waals surface area contributed by atoms with Crippen LogP contribution in [0.4, 0.5) is 11.4 Å². The Morgan fingerprint density at radius 1 is 0.829 bits per heavy atom. The lowest BCUT2D eigenvalue weighted by atomic mass is 10.00. The minimum atomic E-state index is -3.65. The molecule has 35 heavy (non-hydrogen) atoms. The molecule has 1 saturated heterocycles. The number of nitrogens with one attached hydrogen (secondary N) is 1. The molecule has 0 bridgehead atoms. The fraction of sp³-hybridized carbons (Fsp3) is 0.259. The number of hydrogen-bond acceptors (Lipinski definition) is 4. The number of anilines is 2. The Morgan fingerprint density at radius 2 is 1.51 bits per heavy atom. The minimum absolute atomic E-state index is 0.0750. The van der Waals surface area contributed by atoms with Gasteiger partial charge in [0, 0.05) is 36.8 Å². The maximum Gasteiger partial charge on any atom is 0.264 e. The molecule has 0 saturated carbocycles. The Labute approximate surface area is 205 Å². The molecule has 0 spiro atoms. The number of benzene rings is 3. The van der Waals surface area contributed by atoms with Crippen LogP contribution < -0.4 is 9.62 Å². The SMILES string of the molecule is CN1c2ccc(C(=O)Nc3ccccc3C(=O)N3CCCCCC3)cc2-c2ccccc2S1(=O)=O. The summed E-state index contributed by atoms with van der Waals surface area (Å²) in [6, 6.07) is 18.8. The Balaban J connectivity index is 1.46. The fourth-order valence-corrected chi connectivity index (χ4v) is 6.20. The zero-order chi connectivity index (χ0) is 24.6. The summed E-state index contributed by atoms with van der Waals surface area (Å²) in [6.07, 6.45) is 4.22. The van der Waals surface area contributed by atoms with Crippen molar-refractivity contribution in [1.82, 2.24) is 4.90 Å². The number of fused-ring (bicyclic) bond motifs is 3. The summed E-state index contributed by atoms with van der Waals surface area (Å²) >= 11 is 0. The van der Waals surface area contributed by atoms with Crippen molar-refractivity contribution in [2.24, 2.45) is 0 Å². The molecule has 8 heteroatoms. The van der Waals surface area contributed by atoms with Crippen LogP contribution in [0.15, 0.2) is 71.6 Å². The van der Waals surface area contributed by atoms with Gasteiger partial charge in [-0.15, -0.1) is 0 Å². The molecule has 0 atom stereocenters. The molecular weight excluding hydrogens is 462 g/mol. The van der Waals surface area contributed by atoms with Crippen LogP contribution in [0.25, 0.3) is 11.1 Å². The van der Waals surface area contributed by atoms with Gasteiger partial charge in [0.15, 0.2) is 0 Å². The van der Waals surface area contributed by atoms with Gasteiger partial charge in [-0.3, -0.25) is 13.9 Å². The highest BCUT2D eigenvalue weighted by atomic mass is 32.2. The third-order valence-electron chi connectivity index (χ3n) is 6.71. The van der Waals surface area contributed by atoms with Gasteiger partial charge < -0.3 is 10.2 Å². The van der Waals surface area contributed by atoms with Crippen LogP contribution in [0, 0.1) is 0 Å². The molecule has 2 aliphatic heterocycles. The van der Waals surface area contributed by atoms with Gasteiger partial charge in [-0.05, 0) is 49.2 Å². The second kappa shape index (κ2) is 9.19. The van der Waals surface area contributed by atoms with E-state index in [4.69, 9.17) is 0 Å². The molecule has 0 aromatic heterocycles. The Kier molecular flexibility index (Phi) is 6.06. The van der Waals surface area contributed by atoms with E-state index in [1.807, 2.05) is 4.90 Å². The summed E-state index contributed by atoms with van der Waals surface area (Å²) in [4.78, 5) is 28.6. The molecular formula is C27H27N3O4S. The minimum Gasteiger partial charge on any atom is -0.339 e. The third kappa shape index (κ3) is 4.18. The first kappa shape index (κ1) is 23.1. The number of amides is 2. The van der Waals surface area contributed by atoms with Crippen molar-refractivity contribution in [3.8, 4) is 11.1 Å². The van der Waals surface area contributed by atoms with Crippen molar-refractivity contribution in [2.75, 3.05) is 29.8 Å². The average Bonchev–Trinajstić information content (AvgIpc) is 3.17. The number of carbonyl (C=O) groups is 2. The van der Waals surface area contributed by atoms with Gasteiger partial charge in [0.25, 0.3) is 21.8 Å². The first-order chi connectivity index (χ1) is 16.9. The molecule has 0 unspecified atom stereocenters. The molecule has 3 aromatic carbocycles. The van der Waals surface area contributed by atoms with Crippen LogP contribution in [0.3, 0.4) is 0 Å². The number of likely N-dealkylation sites (tertiary alicyclic amines) is 1. The van der Waals surface area contributed by atoms with Gasteiger partial charge in [0.05, 0.1) is 21.8 Å². The summed E-state index contributed by atoms with van der Waals surface area (Å²) in [5.74, 6) is -0.438. The largest absolute Gasteiger partial charge is 0.339 e. The number of rotatable bonds is 3. The standard InChI is InChI=1S/C27H27N3O4S/c1-29-24-15-14-19(18-22(24)20-10-5-7-13-25(20)35(29,33)34)26(31)28-23-12-6-4-11-21(23)27(32)30-16-8-2-3-9-17-30/h4-7,10-15,18H,2-3,8-9,16-17H2,1H3,(H,28,31). The first-order valence-electron chi connectivity index (χ1n) is 11.8. The van der Waals surface area contributed by atoms with Gasteiger partial charge in [-0.1, -0.05) is 43.2 Å². The monoisotopic (exact) mass is 489 g/mol. The second-order valence-electron chi connectivity index (χ2n) is 8.91. The van der Waals surface area contributed by atoms with Crippen molar-refractivity contribution < 1.29 is 18.0 Å². The van der Waals surface area contributed by atoms with Gasteiger partial charge in [-0.25, -0.2) is 8.42 Å². The van der Waals surface area contributed by atoms with Gasteiger partial charge >= 0.3 is 0 Å². The number of para-hydroxylation sites is 1. The highest BCUT2D eigenvalue weighted by molar-refractivity contribution is 7.93. The zero-order valence-corrected chi connectivity index (χ0v) is 20.3. The van der Waals surface area contributed by atoms with Crippen molar-refractivity contribution in [2.45, 2.75) is 30.6 Å². The molecule has 7 nitrogen and oxygen atoms in total. The molecule has 1 fully saturated rings. The normalized spacial score (nSPS) is 16.6. The highest BCUT2D eigenvalue weighted by Crippen LogP contribution is 2.42. The van der Waals surface area contributed by atoms with E-state index in [1.54, 1.807) is 66.7 Å². The summed E-state index contributed by atoms with van der Waals surface area (Å²) < 4.78 is 27.0. The Bertz CT molecular complexity index is 1410. The van der Waals surface area contributed by atoms with Crippen LogP contribution in [0.5, 0.6) is 0 Å². The van der Waals surface area contributed by atoms with Crippen molar-refractivity contribution in [1.29, 1.82) is 0 Å². The summed E-state index contributed by atoms with van der Waals surface area (Å²) in [6.45, 7) is 1.45. The smallest absolute Gasteiger partial charge is 0.264 e. The molecule has 1 N–H and O–H groups in total. The van der Waals surface area contributed by atoms with Crippen molar-refractivity contribution >= 4 is 33.2 Å². The van der Waals surface area contributed by atoms with Gasteiger partial charge in [-0.2, -0.15) is 0 Å². The molecule has 2 amide bonds. The van der Waals surface area contributed by atoms with E-state index in [2.05, 4.69) is 5.32 Å². The van der Waals surface area contributed by atoms with E-state index >= 15 is 0 Å². The molecule has 2 heterocycles. The summed E-state index contributed by atoms with van der Waals surface area (Å²) in [5.41, 5.74) is 3.05. The Hall–Kier alpha value is -3.65. The molecule has 0 radical (unpaired) electrons. The average molecular weight is 490 g/mol. The third-order valence-corrected chi connectivity index (χ3v) is 8.54. The fourth-order valence-electron chi connectivity index (χ4n) is 4.78. The zero-order valence-electron chi connectivity index (χ0n) is 19.5. The maximum absolute atomic E-state index is 13.3. The molecule has 5 rings (SSSR count). The van der Waals surface area contributed by atoms with E-state index < -0.39 is 10.0 Å². The lowest BCUT2D eigenvalue weighted by molar-refractivity contribution is 0.0762. The number of hydrogen-bond donors (Lipinski definition) is 1. The van der Waals surface area contributed by atoms with Crippen LogP contribution in [-0.2, 0) is 10.0 Å². The second-order valence-corrected chi connectivity index (χ2v) is 10.8. The molecule has 180 valence electrons. The predicted molar refractivity (Wildman–Crippen MR) is 136 cm³/mol. The maximum atomic E-state index is 13.3. The Morgan fingerprint density at radius 3 is 2.29 bits per heavy atom.